The summed E-state index contributed by atoms with van der Waals surface area (Å²) in [5.41, 5.74) is 3.37. The molecule has 2 aromatic carbocycles. The van der Waals surface area contributed by atoms with Crippen LogP contribution in [0, 0.1) is 11.3 Å². The molecule has 1 amide bonds. The number of carbonyl (C=O) groups excluding carboxylic acids is 1. The molecule has 5 nitrogen and oxygen atoms in total. The average Bonchev–Trinajstić information content (AvgIpc) is 3.10. The van der Waals surface area contributed by atoms with E-state index in [2.05, 4.69) is 16.5 Å². The van der Waals surface area contributed by atoms with Gasteiger partial charge in [-0.25, -0.2) is 4.68 Å². The summed E-state index contributed by atoms with van der Waals surface area (Å²) in [5.74, 6) is 0.259. The SMILES string of the molecule is CCc1cc(NC(=O)/C=C/c2ccccc2)nn1-c1ccc(C#N)cc1. The molecule has 0 aliphatic heterocycles. The Labute approximate surface area is 152 Å². The Morgan fingerprint density at radius 1 is 1.19 bits per heavy atom. The molecule has 0 aliphatic rings. The van der Waals surface area contributed by atoms with Crippen LogP contribution in [0.2, 0.25) is 0 Å². The zero-order valence-corrected chi connectivity index (χ0v) is 14.4. The molecule has 5 heteroatoms. The maximum Gasteiger partial charge on any atom is 0.249 e. The fraction of sp³-hybridized carbons (Fsp3) is 0.0952. The third-order valence-electron chi connectivity index (χ3n) is 3.86. The standard InChI is InChI=1S/C21H18N4O/c1-2-18-14-20(23-21(26)13-10-16-6-4-3-5-7-16)24-25(18)19-11-8-17(15-22)9-12-19/h3-14H,2H2,1H3,(H,23,24,26)/b13-10+. The van der Waals surface area contributed by atoms with Crippen LogP contribution in [0.15, 0.2) is 66.7 Å². The van der Waals surface area contributed by atoms with Gasteiger partial charge in [-0.2, -0.15) is 5.26 Å². The lowest BCUT2D eigenvalue weighted by atomic mass is 10.2. The van der Waals surface area contributed by atoms with Crippen molar-refractivity contribution in [2.45, 2.75) is 13.3 Å². The molecular weight excluding hydrogens is 324 g/mol. The van der Waals surface area contributed by atoms with Crippen LogP contribution >= 0.6 is 0 Å². The predicted molar refractivity (Wildman–Crippen MR) is 102 cm³/mol. The number of hydrogen-bond donors (Lipinski definition) is 1. The highest BCUT2D eigenvalue weighted by Gasteiger charge is 2.10. The quantitative estimate of drug-likeness (QED) is 0.714. The Morgan fingerprint density at radius 3 is 2.58 bits per heavy atom. The van der Waals surface area contributed by atoms with Gasteiger partial charge in [-0.15, -0.1) is 5.10 Å². The molecular formula is C21H18N4O. The van der Waals surface area contributed by atoms with E-state index in [1.54, 1.807) is 22.9 Å². The van der Waals surface area contributed by atoms with Crippen LogP contribution in [0.4, 0.5) is 5.82 Å². The second kappa shape index (κ2) is 7.95. The predicted octanol–water partition coefficient (Wildman–Crippen LogP) is 3.96. The number of hydrogen-bond acceptors (Lipinski definition) is 3. The van der Waals surface area contributed by atoms with Crippen LogP contribution in [0.25, 0.3) is 11.8 Å². The number of rotatable bonds is 5. The fourth-order valence-electron chi connectivity index (χ4n) is 2.54. The number of nitrogens with zero attached hydrogens (tertiary/aromatic N) is 3. The lowest BCUT2D eigenvalue weighted by Gasteiger charge is -2.05. The van der Waals surface area contributed by atoms with Gasteiger partial charge in [-0.1, -0.05) is 37.3 Å². The van der Waals surface area contributed by atoms with Gasteiger partial charge in [0.05, 0.1) is 17.3 Å². The number of aryl methyl sites for hydroxylation is 1. The van der Waals surface area contributed by atoms with E-state index in [1.807, 2.05) is 55.5 Å². The largest absolute Gasteiger partial charge is 0.306 e. The summed E-state index contributed by atoms with van der Waals surface area (Å²) >= 11 is 0. The third kappa shape index (κ3) is 4.05. The van der Waals surface area contributed by atoms with E-state index in [0.717, 1.165) is 23.4 Å². The Bertz CT molecular complexity index is 963. The van der Waals surface area contributed by atoms with Gasteiger partial charge in [0.1, 0.15) is 0 Å². The van der Waals surface area contributed by atoms with Crippen molar-refractivity contribution in [3.8, 4) is 11.8 Å². The summed E-state index contributed by atoms with van der Waals surface area (Å²) in [5, 5.41) is 16.2. The minimum Gasteiger partial charge on any atom is -0.306 e. The number of amides is 1. The highest BCUT2D eigenvalue weighted by atomic mass is 16.1. The van der Waals surface area contributed by atoms with Crippen molar-refractivity contribution in [2.75, 3.05) is 5.32 Å². The number of nitriles is 1. The molecule has 128 valence electrons. The molecule has 0 aliphatic carbocycles. The number of benzene rings is 2. The summed E-state index contributed by atoms with van der Waals surface area (Å²) in [6.07, 6.45) is 4.01. The van der Waals surface area contributed by atoms with E-state index in [0.29, 0.717) is 11.4 Å². The zero-order chi connectivity index (χ0) is 18.4. The highest BCUT2D eigenvalue weighted by Crippen LogP contribution is 2.17. The summed E-state index contributed by atoms with van der Waals surface area (Å²) in [6, 6.07) is 20.8. The Morgan fingerprint density at radius 2 is 1.92 bits per heavy atom. The normalized spacial score (nSPS) is 10.6. The van der Waals surface area contributed by atoms with Crippen molar-refractivity contribution in [1.82, 2.24) is 9.78 Å². The van der Waals surface area contributed by atoms with E-state index >= 15 is 0 Å². The monoisotopic (exact) mass is 342 g/mol. The van der Waals surface area contributed by atoms with Gasteiger partial charge in [-0.3, -0.25) is 4.79 Å². The zero-order valence-electron chi connectivity index (χ0n) is 14.4. The van der Waals surface area contributed by atoms with E-state index in [1.165, 1.54) is 6.08 Å². The van der Waals surface area contributed by atoms with Gasteiger partial charge >= 0.3 is 0 Å². The minimum atomic E-state index is -0.235. The summed E-state index contributed by atoms with van der Waals surface area (Å²) in [7, 11) is 0. The first-order valence-electron chi connectivity index (χ1n) is 8.33. The van der Waals surface area contributed by atoms with Crippen molar-refractivity contribution in [2.24, 2.45) is 0 Å². The Balaban J connectivity index is 1.76. The molecule has 0 unspecified atom stereocenters. The molecule has 1 heterocycles. The van der Waals surface area contributed by atoms with Crippen molar-refractivity contribution in [3.63, 3.8) is 0 Å². The first-order chi connectivity index (χ1) is 12.7. The number of nitrogens with one attached hydrogen (secondary N) is 1. The van der Waals surface area contributed by atoms with Gasteiger partial charge in [0, 0.05) is 17.8 Å². The lowest BCUT2D eigenvalue weighted by molar-refractivity contribution is -0.111. The lowest BCUT2D eigenvalue weighted by Crippen LogP contribution is -2.09. The van der Waals surface area contributed by atoms with Gasteiger partial charge in [0.2, 0.25) is 5.91 Å². The summed E-state index contributed by atoms with van der Waals surface area (Å²) < 4.78 is 1.78. The molecule has 0 radical (unpaired) electrons. The second-order valence-electron chi connectivity index (χ2n) is 5.68. The van der Waals surface area contributed by atoms with E-state index in [9.17, 15) is 4.79 Å². The van der Waals surface area contributed by atoms with Crippen LogP contribution in [0.1, 0.15) is 23.7 Å². The molecule has 1 aromatic heterocycles. The molecule has 26 heavy (non-hydrogen) atoms. The first-order valence-corrected chi connectivity index (χ1v) is 8.33. The number of carbonyl (C=O) groups is 1. The molecule has 0 atom stereocenters. The van der Waals surface area contributed by atoms with Crippen LogP contribution in [-0.2, 0) is 11.2 Å². The maximum atomic E-state index is 12.1. The van der Waals surface area contributed by atoms with Gasteiger partial charge in [-0.05, 0) is 42.3 Å². The van der Waals surface area contributed by atoms with Crippen LogP contribution in [-0.4, -0.2) is 15.7 Å². The van der Waals surface area contributed by atoms with Crippen LogP contribution in [0.3, 0.4) is 0 Å². The maximum absolute atomic E-state index is 12.1. The molecule has 0 spiro atoms. The number of anilines is 1. The van der Waals surface area contributed by atoms with Gasteiger partial charge in [0.25, 0.3) is 0 Å². The van der Waals surface area contributed by atoms with E-state index < -0.39 is 0 Å². The molecule has 3 aromatic rings. The topological polar surface area (TPSA) is 70.7 Å². The van der Waals surface area contributed by atoms with Crippen molar-refractivity contribution in [1.29, 1.82) is 5.26 Å². The van der Waals surface area contributed by atoms with E-state index in [4.69, 9.17) is 5.26 Å². The first kappa shape index (κ1) is 17.2. The van der Waals surface area contributed by atoms with Gasteiger partial charge < -0.3 is 5.32 Å². The summed E-state index contributed by atoms with van der Waals surface area (Å²) in [4.78, 5) is 12.1. The Hall–Kier alpha value is -3.65. The van der Waals surface area contributed by atoms with E-state index in [-0.39, 0.29) is 5.91 Å². The average molecular weight is 342 g/mol. The molecule has 0 fully saturated rings. The third-order valence-corrected chi connectivity index (χ3v) is 3.86. The van der Waals surface area contributed by atoms with Crippen LogP contribution in [0.5, 0.6) is 0 Å². The highest BCUT2D eigenvalue weighted by molar-refractivity contribution is 6.01. The molecule has 3 rings (SSSR count). The van der Waals surface area contributed by atoms with Gasteiger partial charge in [0.15, 0.2) is 5.82 Å². The fourth-order valence-corrected chi connectivity index (χ4v) is 2.54. The molecule has 0 bridgehead atoms. The van der Waals surface area contributed by atoms with Crippen LogP contribution < -0.4 is 5.32 Å². The molecule has 1 N–H and O–H groups in total. The van der Waals surface area contributed by atoms with Crippen molar-refractivity contribution >= 4 is 17.8 Å². The molecule has 0 saturated heterocycles. The summed E-state index contributed by atoms with van der Waals surface area (Å²) in [6.45, 7) is 2.03. The van der Waals surface area contributed by atoms with Crippen molar-refractivity contribution < 1.29 is 4.79 Å². The smallest absolute Gasteiger partial charge is 0.249 e. The van der Waals surface area contributed by atoms with Crippen molar-refractivity contribution in [3.05, 3.63) is 83.6 Å². The Kier molecular flexibility index (Phi) is 5.25. The number of aromatic nitrogens is 2. The second-order valence-corrected chi connectivity index (χ2v) is 5.68. The molecule has 0 saturated carbocycles. The minimum absolute atomic E-state index is 0.235.